The molecule has 0 aliphatic rings. The molecule has 0 bridgehead atoms. The maximum absolute atomic E-state index is 13.5. The van der Waals surface area contributed by atoms with Crippen LogP contribution in [0, 0.1) is 0 Å². The monoisotopic (exact) mass is 642 g/mol. The van der Waals surface area contributed by atoms with Crippen molar-refractivity contribution >= 4 is 48.7 Å². The average Bonchev–Trinajstić information content (AvgIpc) is 3.71. The smallest absolute Gasteiger partial charge is 0.291 e. The first kappa shape index (κ1) is 31.5. The van der Waals surface area contributed by atoms with Crippen LogP contribution >= 0.6 is 11.3 Å². The van der Waals surface area contributed by atoms with Gasteiger partial charge in [-0.15, -0.1) is 11.3 Å². The van der Waals surface area contributed by atoms with Gasteiger partial charge in [-0.2, -0.15) is 15.3 Å². The molecule has 12 nitrogen and oxygen atoms in total. The van der Waals surface area contributed by atoms with Crippen LogP contribution in [0.1, 0.15) is 22.5 Å². The molecule has 5 aromatic heterocycles. The number of aryl methyl sites for hydroxylation is 1. The second-order valence-electron chi connectivity index (χ2n) is 13.4. The van der Waals surface area contributed by atoms with Gasteiger partial charge in [-0.3, -0.25) is 4.79 Å². The van der Waals surface area contributed by atoms with Crippen LogP contribution < -0.4 is 5.56 Å². The van der Waals surface area contributed by atoms with E-state index >= 15 is 0 Å². The first-order chi connectivity index (χ1) is 20.3. The molecule has 1 atom stereocenters. The number of aromatic nitrogens is 8. The largest absolute Gasteiger partial charge is 0.379 e. The summed E-state index contributed by atoms with van der Waals surface area (Å²) < 4.78 is 19.0. The van der Waals surface area contributed by atoms with E-state index in [-0.39, 0.29) is 12.1 Å². The molecule has 0 aromatic carbocycles. The molecule has 15 heteroatoms. The van der Waals surface area contributed by atoms with Crippen molar-refractivity contribution in [2.45, 2.75) is 77.5 Å². The SMILES string of the molecule is Cn1c2nc(C(O)c3ccn(COCC[Si](C)(C)C)n3)sc2c2cnn(Cc3ccn(COCC[Si](C)(C)C)n3)c(=O)c21. The number of ether oxygens (including phenoxy) is 2. The number of thiazole rings is 1. The van der Waals surface area contributed by atoms with E-state index in [1.165, 1.54) is 16.0 Å². The van der Waals surface area contributed by atoms with Crippen molar-refractivity contribution in [2.75, 3.05) is 13.2 Å². The third kappa shape index (κ3) is 7.59. The summed E-state index contributed by atoms with van der Waals surface area (Å²) in [5, 5.41) is 25.8. The average molecular weight is 643 g/mol. The van der Waals surface area contributed by atoms with E-state index in [1.54, 1.807) is 32.4 Å². The van der Waals surface area contributed by atoms with E-state index in [4.69, 9.17) is 14.5 Å². The predicted molar refractivity (Wildman–Crippen MR) is 174 cm³/mol. The van der Waals surface area contributed by atoms with Gasteiger partial charge in [0.05, 0.1) is 28.8 Å². The van der Waals surface area contributed by atoms with E-state index in [1.807, 2.05) is 19.3 Å². The number of nitrogens with zero attached hydrogens (tertiary/aromatic N) is 8. The fraction of sp³-hybridized carbons (Fsp3) is 0.536. The quantitative estimate of drug-likeness (QED) is 0.139. The van der Waals surface area contributed by atoms with E-state index in [9.17, 15) is 9.90 Å². The van der Waals surface area contributed by atoms with Crippen LogP contribution in [0.3, 0.4) is 0 Å². The van der Waals surface area contributed by atoms with Crippen molar-refractivity contribution in [3.8, 4) is 0 Å². The normalized spacial score (nSPS) is 13.5. The Bertz CT molecular complexity index is 1760. The van der Waals surface area contributed by atoms with Crippen molar-refractivity contribution in [1.82, 2.24) is 38.9 Å². The van der Waals surface area contributed by atoms with Crippen molar-refractivity contribution in [3.05, 3.63) is 57.5 Å². The molecule has 5 heterocycles. The molecule has 0 aliphatic carbocycles. The molecule has 5 aromatic rings. The third-order valence-electron chi connectivity index (χ3n) is 7.16. The molecule has 5 rings (SSSR count). The van der Waals surface area contributed by atoms with E-state index < -0.39 is 22.3 Å². The van der Waals surface area contributed by atoms with Crippen molar-refractivity contribution in [3.63, 3.8) is 0 Å². The highest BCUT2D eigenvalue weighted by Gasteiger charge is 2.23. The minimum absolute atomic E-state index is 0.221. The van der Waals surface area contributed by atoms with Crippen LogP contribution in [0.2, 0.25) is 51.4 Å². The molecule has 1 unspecified atom stereocenters. The van der Waals surface area contributed by atoms with Crippen molar-refractivity contribution in [1.29, 1.82) is 0 Å². The van der Waals surface area contributed by atoms with Crippen LogP contribution in [0.5, 0.6) is 0 Å². The lowest BCUT2D eigenvalue weighted by molar-refractivity contribution is 0.0774. The van der Waals surface area contributed by atoms with Gasteiger partial charge in [-0.1, -0.05) is 39.3 Å². The van der Waals surface area contributed by atoms with Gasteiger partial charge in [0, 0.05) is 54.2 Å². The molecule has 232 valence electrons. The van der Waals surface area contributed by atoms with E-state index in [0.717, 1.165) is 29.1 Å². The van der Waals surface area contributed by atoms with Gasteiger partial charge in [-0.05, 0) is 24.2 Å². The van der Waals surface area contributed by atoms with Gasteiger partial charge in [0.25, 0.3) is 5.56 Å². The summed E-state index contributed by atoms with van der Waals surface area (Å²) in [4.78, 5) is 18.2. The van der Waals surface area contributed by atoms with Crippen LogP contribution in [0.25, 0.3) is 21.3 Å². The Balaban J connectivity index is 1.27. The second kappa shape index (κ2) is 12.6. The van der Waals surface area contributed by atoms with E-state index in [0.29, 0.717) is 47.3 Å². The lowest BCUT2D eigenvalue weighted by atomic mass is 10.3. The van der Waals surface area contributed by atoms with E-state index in [2.05, 4.69) is 54.6 Å². The summed E-state index contributed by atoms with van der Waals surface area (Å²) >= 11 is 1.34. The Labute approximate surface area is 256 Å². The second-order valence-corrected chi connectivity index (χ2v) is 25.6. The Kier molecular flexibility index (Phi) is 9.20. The molecule has 0 fully saturated rings. The minimum atomic E-state index is -1.16. The predicted octanol–water partition coefficient (Wildman–Crippen LogP) is 4.49. The highest BCUT2D eigenvalue weighted by atomic mass is 32.1. The molecule has 0 aliphatic heterocycles. The zero-order valence-corrected chi connectivity index (χ0v) is 28.9. The highest BCUT2D eigenvalue weighted by Crippen LogP contribution is 2.34. The summed E-state index contributed by atoms with van der Waals surface area (Å²) in [5.41, 5.74) is 2.14. The number of hydrogen-bond acceptors (Lipinski definition) is 9. The Morgan fingerprint density at radius 1 is 0.953 bits per heavy atom. The number of aliphatic hydroxyl groups is 1. The summed E-state index contributed by atoms with van der Waals surface area (Å²) in [6, 6.07) is 5.84. The number of fused-ring (bicyclic) bond motifs is 3. The third-order valence-corrected chi connectivity index (χ3v) is 11.7. The molecule has 0 spiro atoms. The highest BCUT2D eigenvalue weighted by molar-refractivity contribution is 7.19. The molecular formula is C28H42N8O4SSi2. The molecule has 1 N–H and O–H groups in total. The topological polar surface area (TPSA) is 127 Å². The fourth-order valence-corrected chi connectivity index (χ4v) is 7.16. The van der Waals surface area contributed by atoms with Gasteiger partial charge in [0.15, 0.2) is 5.65 Å². The van der Waals surface area contributed by atoms with Crippen molar-refractivity contribution < 1.29 is 14.6 Å². The first-order valence-corrected chi connectivity index (χ1v) is 22.8. The Morgan fingerprint density at radius 2 is 1.58 bits per heavy atom. The van der Waals surface area contributed by atoms with Crippen LogP contribution in [-0.4, -0.2) is 73.4 Å². The fourth-order valence-electron chi connectivity index (χ4n) is 4.54. The summed E-state index contributed by atoms with van der Waals surface area (Å²) in [5.74, 6) is 0. The lowest BCUT2D eigenvalue weighted by Crippen LogP contribution is -2.25. The van der Waals surface area contributed by atoms with Gasteiger partial charge in [0.1, 0.15) is 30.1 Å². The maximum atomic E-state index is 13.5. The van der Waals surface area contributed by atoms with Crippen LogP contribution in [0.15, 0.2) is 35.5 Å². The Morgan fingerprint density at radius 3 is 2.23 bits per heavy atom. The maximum Gasteiger partial charge on any atom is 0.291 e. The standard InChI is InChI=1S/C28H42N8O4SSi2/c1-33-23-21(16-29-36(28(23)38)17-20-8-10-34(31-20)18-39-12-14-42(2,3)4)25-26(33)30-27(41-25)24(37)22-9-11-35(32-22)19-40-13-15-43(5,6)7/h8-11,16,24,37H,12-15,17-19H2,1-7H3. The first-order valence-electron chi connectivity index (χ1n) is 14.5. The molecule has 0 saturated carbocycles. The lowest BCUT2D eigenvalue weighted by Gasteiger charge is -2.15. The van der Waals surface area contributed by atoms with Gasteiger partial charge in [0.2, 0.25) is 0 Å². The number of aliphatic hydroxyl groups excluding tert-OH is 1. The summed E-state index contributed by atoms with van der Waals surface area (Å²) in [7, 11) is -0.487. The van der Waals surface area contributed by atoms with Crippen molar-refractivity contribution in [2.24, 2.45) is 7.05 Å². The molecule has 0 saturated heterocycles. The zero-order chi connectivity index (χ0) is 30.9. The van der Waals surface area contributed by atoms with Gasteiger partial charge >= 0.3 is 0 Å². The van der Waals surface area contributed by atoms with Gasteiger partial charge < -0.3 is 19.1 Å². The Hall–Kier alpha value is -2.96. The molecular weight excluding hydrogens is 601 g/mol. The minimum Gasteiger partial charge on any atom is -0.379 e. The number of rotatable bonds is 14. The van der Waals surface area contributed by atoms with Crippen LogP contribution in [-0.2, 0) is 36.5 Å². The van der Waals surface area contributed by atoms with Crippen LogP contribution in [0.4, 0.5) is 0 Å². The molecule has 43 heavy (non-hydrogen) atoms. The molecule has 0 radical (unpaired) electrons. The summed E-state index contributed by atoms with van der Waals surface area (Å²) in [6.45, 7) is 16.3. The number of hydrogen-bond donors (Lipinski definition) is 1. The molecule has 0 amide bonds. The van der Waals surface area contributed by atoms with Gasteiger partial charge in [-0.25, -0.2) is 19.0 Å². The zero-order valence-electron chi connectivity index (χ0n) is 26.1. The summed E-state index contributed by atoms with van der Waals surface area (Å²) in [6.07, 6.45) is 4.36.